The van der Waals surface area contributed by atoms with Crippen LogP contribution in [0.3, 0.4) is 0 Å². The molecule has 0 amide bonds. The van der Waals surface area contributed by atoms with Gasteiger partial charge in [0.1, 0.15) is 6.07 Å². The van der Waals surface area contributed by atoms with Gasteiger partial charge in [-0.05, 0) is 46.5 Å². The number of carbonyl (C=O) groups excluding carboxylic acids is 1. The number of hydrogen-bond acceptors (Lipinski definition) is 3. The number of halogens is 1. The van der Waals surface area contributed by atoms with Crippen molar-refractivity contribution < 1.29 is 9.53 Å². The molecule has 0 aromatic heterocycles. The third kappa shape index (κ3) is 3.31. The molecule has 90 valence electrons. The Morgan fingerprint density at radius 1 is 1.47 bits per heavy atom. The third-order valence-electron chi connectivity index (χ3n) is 2.45. The van der Waals surface area contributed by atoms with E-state index in [1.54, 1.807) is 13.0 Å². The van der Waals surface area contributed by atoms with Crippen molar-refractivity contribution in [3.8, 4) is 6.07 Å². The predicted octanol–water partition coefficient (Wildman–Crippen LogP) is 2.99. The minimum Gasteiger partial charge on any atom is -0.466 e. The largest absolute Gasteiger partial charge is 0.466 e. The van der Waals surface area contributed by atoms with Crippen molar-refractivity contribution in [2.24, 2.45) is 0 Å². The van der Waals surface area contributed by atoms with E-state index in [0.29, 0.717) is 12.2 Å². The van der Waals surface area contributed by atoms with Crippen molar-refractivity contribution >= 4 is 21.9 Å². The van der Waals surface area contributed by atoms with E-state index in [0.717, 1.165) is 22.0 Å². The number of nitriles is 1. The van der Waals surface area contributed by atoms with E-state index in [2.05, 4.69) is 22.0 Å². The molecule has 0 aliphatic carbocycles. The molecular formula is C13H14BrNO2. The summed E-state index contributed by atoms with van der Waals surface area (Å²) in [5.41, 5.74) is 2.50. The van der Waals surface area contributed by atoms with Crippen LogP contribution in [0.5, 0.6) is 0 Å². The highest BCUT2D eigenvalue weighted by atomic mass is 79.9. The number of benzene rings is 1. The normalized spacial score (nSPS) is 9.76. The smallest absolute Gasteiger partial charge is 0.310 e. The molecule has 4 heteroatoms. The molecule has 3 nitrogen and oxygen atoms in total. The van der Waals surface area contributed by atoms with Gasteiger partial charge in [0.15, 0.2) is 0 Å². The van der Waals surface area contributed by atoms with Gasteiger partial charge in [0.2, 0.25) is 0 Å². The summed E-state index contributed by atoms with van der Waals surface area (Å²) in [5, 5.41) is 8.92. The summed E-state index contributed by atoms with van der Waals surface area (Å²) in [5.74, 6) is -0.237. The molecule has 0 fully saturated rings. The molecule has 0 unspecified atom stereocenters. The van der Waals surface area contributed by atoms with Gasteiger partial charge in [-0.1, -0.05) is 13.0 Å². The third-order valence-corrected chi connectivity index (χ3v) is 3.36. The van der Waals surface area contributed by atoms with Gasteiger partial charge in [-0.15, -0.1) is 0 Å². The van der Waals surface area contributed by atoms with Crippen molar-refractivity contribution in [1.82, 2.24) is 0 Å². The van der Waals surface area contributed by atoms with E-state index in [1.807, 2.05) is 13.0 Å². The van der Waals surface area contributed by atoms with Gasteiger partial charge in [-0.3, -0.25) is 4.79 Å². The highest BCUT2D eigenvalue weighted by molar-refractivity contribution is 9.10. The summed E-state index contributed by atoms with van der Waals surface area (Å²) >= 11 is 3.41. The first-order valence-electron chi connectivity index (χ1n) is 5.50. The standard InChI is InChI=1S/C13H14BrNO2/c1-3-11-9(7-12(16)17-4-2)5-6-10(8-15)13(11)14/h5-6H,3-4,7H2,1-2H3. The zero-order valence-electron chi connectivity index (χ0n) is 9.92. The summed E-state index contributed by atoms with van der Waals surface area (Å²) in [6.07, 6.45) is 1.02. The van der Waals surface area contributed by atoms with Crippen LogP contribution in [0.25, 0.3) is 0 Å². The zero-order valence-corrected chi connectivity index (χ0v) is 11.5. The van der Waals surface area contributed by atoms with Gasteiger partial charge in [-0.25, -0.2) is 0 Å². The first-order chi connectivity index (χ1) is 8.13. The van der Waals surface area contributed by atoms with Gasteiger partial charge in [0.05, 0.1) is 18.6 Å². The highest BCUT2D eigenvalue weighted by Gasteiger charge is 2.13. The maximum absolute atomic E-state index is 11.4. The molecule has 0 heterocycles. The van der Waals surface area contributed by atoms with E-state index < -0.39 is 0 Å². The van der Waals surface area contributed by atoms with Crippen molar-refractivity contribution in [1.29, 1.82) is 5.26 Å². The average molecular weight is 296 g/mol. The lowest BCUT2D eigenvalue weighted by atomic mass is 10.00. The molecule has 17 heavy (non-hydrogen) atoms. The maximum atomic E-state index is 11.4. The minimum atomic E-state index is -0.237. The van der Waals surface area contributed by atoms with E-state index in [9.17, 15) is 4.79 Å². The molecule has 1 aromatic carbocycles. The van der Waals surface area contributed by atoms with Gasteiger partial charge in [0, 0.05) is 4.47 Å². The number of rotatable bonds is 4. The Bertz CT molecular complexity index is 463. The summed E-state index contributed by atoms with van der Waals surface area (Å²) in [4.78, 5) is 11.4. The molecular weight excluding hydrogens is 282 g/mol. The van der Waals surface area contributed by atoms with Crippen LogP contribution in [0.15, 0.2) is 16.6 Å². The summed E-state index contributed by atoms with van der Waals surface area (Å²) in [6.45, 7) is 4.17. The second kappa shape index (κ2) is 6.41. The Labute approximate surface area is 110 Å². The summed E-state index contributed by atoms with van der Waals surface area (Å²) in [7, 11) is 0. The van der Waals surface area contributed by atoms with Gasteiger partial charge in [0.25, 0.3) is 0 Å². The maximum Gasteiger partial charge on any atom is 0.310 e. The first-order valence-corrected chi connectivity index (χ1v) is 6.29. The lowest BCUT2D eigenvalue weighted by Crippen LogP contribution is -2.09. The molecule has 0 saturated heterocycles. The van der Waals surface area contributed by atoms with Crippen LogP contribution < -0.4 is 0 Å². The number of ether oxygens (including phenoxy) is 1. The Hall–Kier alpha value is -1.34. The number of nitrogens with zero attached hydrogens (tertiary/aromatic N) is 1. The fourth-order valence-electron chi connectivity index (χ4n) is 1.66. The van der Waals surface area contributed by atoms with Crippen LogP contribution >= 0.6 is 15.9 Å². The molecule has 0 N–H and O–H groups in total. The van der Waals surface area contributed by atoms with Crippen LogP contribution in [0.4, 0.5) is 0 Å². The molecule has 0 spiro atoms. The Kier molecular flexibility index (Phi) is 5.17. The Balaban J connectivity index is 3.05. The van der Waals surface area contributed by atoms with Crippen molar-refractivity contribution in [2.45, 2.75) is 26.7 Å². The van der Waals surface area contributed by atoms with Crippen LogP contribution in [0.1, 0.15) is 30.5 Å². The topological polar surface area (TPSA) is 50.1 Å². The molecule has 0 radical (unpaired) electrons. The lowest BCUT2D eigenvalue weighted by molar-refractivity contribution is -0.142. The van der Waals surface area contributed by atoms with Crippen molar-refractivity contribution in [3.05, 3.63) is 33.3 Å². The molecule has 1 rings (SSSR count). The second-order valence-electron chi connectivity index (χ2n) is 3.51. The van der Waals surface area contributed by atoms with E-state index in [4.69, 9.17) is 10.00 Å². The fourth-order valence-corrected chi connectivity index (χ4v) is 2.42. The predicted molar refractivity (Wildman–Crippen MR) is 68.6 cm³/mol. The van der Waals surface area contributed by atoms with Crippen LogP contribution in [-0.2, 0) is 22.4 Å². The number of hydrogen-bond donors (Lipinski definition) is 0. The fraction of sp³-hybridized carbons (Fsp3) is 0.385. The van der Waals surface area contributed by atoms with Crippen LogP contribution in [0, 0.1) is 11.3 Å². The quantitative estimate of drug-likeness (QED) is 0.803. The molecule has 0 aliphatic rings. The van der Waals surface area contributed by atoms with Crippen LogP contribution in [-0.4, -0.2) is 12.6 Å². The van der Waals surface area contributed by atoms with Crippen molar-refractivity contribution in [2.75, 3.05) is 6.61 Å². The van der Waals surface area contributed by atoms with E-state index >= 15 is 0 Å². The minimum absolute atomic E-state index is 0.237. The first kappa shape index (κ1) is 13.7. The SMILES string of the molecule is CCOC(=O)Cc1ccc(C#N)c(Br)c1CC. The lowest BCUT2D eigenvalue weighted by Gasteiger charge is -2.10. The highest BCUT2D eigenvalue weighted by Crippen LogP contribution is 2.26. The molecule has 0 atom stereocenters. The molecule has 1 aromatic rings. The second-order valence-corrected chi connectivity index (χ2v) is 4.30. The molecule has 0 aliphatic heterocycles. The van der Waals surface area contributed by atoms with Crippen molar-refractivity contribution in [3.63, 3.8) is 0 Å². The monoisotopic (exact) mass is 295 g/mol. The zero-order chi connectivity index (χ0) is 12.8. The van der Waals surface area contributed by atoms with Crippen LogP contribution in [0.2, 0.25) is 0 Å². The van der Waals surface area contributed by atoms with Gasteiger partial charge >= 0.3 is 5.97 Å². The molecule has 0 saturated carbocycles. The number of carbonyl (C=O) groups is 1. The Morgan fingerprint density at radius 2 is 2.18 bits per heavy atom. The van der Waals surface area contributed by atoms with Gasteiger partial charge < -0.3 is 4.74 Å². The average Bonchev–Trinajstić information content (AvgIpc) is 2.30. The summed E-state index contributed by atoms with van der Waals surface area (Å²) in [6, 6.07) is 5.65. The molecule has 0 bridgehead atoms. The number of esters is 1. The summed E-state index contributed by atoms with van der Waals surface area (Å²) < 4.78 is 5.70. The Morgan fingerprint density at radius 3 is 2.71 bits per heavy atom. The van der Waals surface area contributed by atoms with E-state index in [-0.39, 0.29) is 12.4 Å². The van der Waals surface area contributed by atoms with Gasteiger partial charge in [-0.2, -0.15) is 5.26 Å². The van der Waals surface area contributed by atoms with E-state index in [1.165, 1.54) is 0 Å².